The summed E-state index contributed by atoms with van der Waals surface area (Å²) in [7, 11) is -10.4. The summed E-state index contributed by atoms with van der Waals surface area (Å²) in [5, 5.41) is 10.4. The highest BCUT2D eigenvalue weighted by Gasteiger charge is 2.45. The van der Waals surface area contributed by atoms with Gasteiger partial charge in [-0.05, 0) is 12.1 Å². The summed E-state index contributed by atoms with van der Waals surface area (Å²) in [5.74, 6) is -0.317. The zero-order valence-electron chi connectivity index (χ0n) is 9.06. The van der Waals surface area contributed by atoms with Crippen molar-refractivity contribution in [1.29, 1.82) is 0 Å². The Labute approximate surface area is 106 Å². The lowest BCUT2D eigenvalue weighted by Crippen LogP contribution is -2.17. The maximum Gasteiger partial charge on any atom is 0.378 e. The van der Waals surface area contributed by atoms with Crippen molar-refractivity contribution in [2.45, 2.75) is 5.59 Å². The molecule has 0 fully saturated rings. The van der Waals surface area contributed by atoms with E-state index in [9.17, 15) is 19.2 Å². The van der Waals surface area contributed by atoms with Crippen LogP contribution in [0.4, 0.5) is 5.69 Å². The highest BCUT2D eigenvalue weighted by molar-refractivity contribution is 7.70. The third kappa shape index (κ3) is 4.39. The van der Waals surface area contributed by atoms with Crippen molar-refractivity contribution in [3.8, 4) is 5.75 Å². The van der Waals surface area contributed by atoms with E-state index in [1.807, 2.05) is 0 Å². The quantitative estimate of drug-likeness (QED) is 0.346. The number of ether oxygens (including phenoxy) is 1. The Kier molecular flexibility index (Phi) is 4.46. The van der Waals surface area contributed by atoms with Gasteiger partial charge < -0.3 is 24.3 Å². The molecule has 12 heteroatoms. The summed E-state index contributed by atoms with van der Waals surface area (Å²) in [6, 6.07) is 3.87. The Morgan fingerprint density at radius 1 is 1.05 bits per heavy atom. The molecule has 0 unspecified atom stereocenters. The Hall–Kier alpha value is -1.28. The number of rotatable bonds is 5. The first-order valence-corrected chi connectivity index (χ1v) is 7.89. The molecule has 0 aromatic heterocycles. The molecule has 0 amide bonds. The van der Waals surface area contributed by atoms with E-state index in [2.05, 4.69) is 4.74 Å². The number of nitro benzene ring substituents is 1. The minimum absolute atomic E-state index is 0.309. The van der Waals surface area contributed by atoms with Crippen LogP contribution in [0.5, 0.6) is 5.75 Å². The maximum atomic E-state index is 10.9. The Balaban J connectivity index is 3.02. The maximum absolute atomic E-state index is 10.9. The molecule has 0 bridgehead atoms. The Morgan fingerprint density at radius 3 is 1.79 bits per heavy atom. The molecule has 0 aliphatic heterocycles. The first-order chi connectivity index (χ1) is 8.51. The van der Waals surface area contributed by atoms with Crippen molar-refractivity contribution in [2.75, 3.05) is 0 Å². The van der Waals surface area contributed by atoms with Crippen molar-refractivity contribution in [1.82, 2.24) is 0 Å². The van der Waals surface area contributed by atoms with Crippen molar-refractivity contribution in [3.63, 3.8) is 0 Å². The zero-order valence-corrected chi connectivity index (χ0v) is 10.8. The molecule has 0 spiro atoms. The SMILES string of the molecule is O=[N+]([O-])c1ccc(OC(P(=O)(O)O)P(=O)(O)O)cc1. The van der Waals surface area contributed by atoms with E-state index < -0.39 is 25.7 Å². The molecule has 0 saturated carbocycles. The molecule has 0 radical (unpaired) electrons. The molecule has 19 heavy (non-hydrogen) atoms. The monoisotopic (exact) mass is 313 g/mol. The minimum atomic E-state index is -5.21. The number of nitro groups is 1. The third-order valence-corrected chi connectivity index (χ3v) is 5.03. The van der Waals surface area contributed by atoms with Gasteiger partial charge in [0.1, 0.15) is 5.75 Å². The zero-order chi connectivity index (χ0) is 14.8. The van der Waals surface area contributed by atoms with Crippen molar-refractivity contribution in [2.24, 2.45) is 0 Å². The average Bonchev–Trinajstić information content (AvgIpc) is 2.23. The van der Waals surface area contributed by atoms with Gasteiger partial charge in [0.2, 0.25) is 0 Å². The van der Waals surface area contributed by atoms with Crippen molar-refractivity contribution >= 4 is 20.9 Å². The first kappa shape index (κ1) is 15.8. The van der Waals surface area contributed by atoms with Gasteiger partial charge in [0.25, 0.3) is 11.3 Å². The van der Waals surface area contributed by atoms with Gasteiger partial charge in [-0.15, -0.1) is 0 Å². The highest BCUT2D eigenvalue weighted by atomic mass is 31.2. The molecule has 0 aliphatic carbocycles. The smallest absolute Gasteiger partial charge is 0.378 e. The van der Waals surface area contributed by atoms with Crippen LogP contribution in [0.3, 0.4) is 0 Å². The van der Waals surface area contributed by atoms with Gasteiger partial charge in [0, 0.05) is 12.1 Å². The second-order valence-electron chi connectivity index (χ2n) is 3.37. The Bertz CT molecular complexity index is 536. The fourth-order valence-electron chi connectivity index (χ4n) is 1.10. The second kappa shape index (κ2) is 5.38. The van der Waals surface area contributed by atoms with Crippen LogP contribution in [0, 0.1) is 10.1 Å². The predicted octanol–water partition coefficient (Wildman–Crippen LogP) is 0.613. The van der Waals surface area contributed by atoms with E-state index in [0.29, 0.717) is 0 Å². The predicted molar refractivity (Wildman–Crippen MR) is 61.6 cm³/mol. The summed E-state index contributed by atoms with van der Waals surface area (Å²) >= 11 is 0. The lowest BCUT2D eigenvalue weighted by molar-refractivity contribution is -0.384. The van der Waals surface area contributed by atoms with Gasteiger partial charge in [-0.2, -0.15) is 0 Å². The highest BCUT2D eigenvalue weighted by Crippen LogP contribution is 2.60. The van der Waals surface area contributed by atoms with Gasteiger partial charge >= 0.3 is 15.2 Å². The molecule has 0 atom stereocenters. The molecular formula is C7H9NO9P2. The van der Waals surface area contributed by atoms with E-state index in [1.165, 1.54) is 0 Å². The number of nitrogens with zero attached hydrogens (tertiary/aromatic N) is 1. The van der Waals surface area contributed by atoms with Crippen LogP contribution in [0.15, 0.2) is 24.3 Å². The molecule has 106 valence electrons. The van der Waals surface area contributed by atoms with E-state index >= 15 is 0 Å². The molecule has 0 heterocycles. The molecule has 1 rings (SSSR count). The van der Waals surface area contributed by atoms with E-state index in [0.717, 1.165) is 24.3 Å². The van der Waals surface area contributed by atoms with E-state index in [-0.39, 0.29) is 11.4 Å². The van der Waals surface area contributed by atoms with Crippen LogP contribution < -0.4 is 4.74 Å². The summed E-state index contributed by atoms with van der Waals surface area (Å²) in [4.78, 5) is 44.9. The molecule has 1 aromatic carbocycles. The van der Waals surface area contributed by atoms with E-state index in [1.54, 1.807) is 0 Å². The fourth-order valence-corrected chi connectivity index (χ4v) is 3.19. The van der Waals surface area contributed by atoms with Gasteiger partial charge in [0.15, 0.2) is 0 Å². The van der Waals surface area contributed by atoms with Crippen molar-refractivity contribution < 1.29 is 38.4 Å². The van der Waals surface area contributed by atoms with Crippen molar-refractivity contribution in [3.05, 3.63) is 34.4 Å². The number of hydrogen-bond donors (Lipinski definition) is 4. The van der Waals surface area contributed by atoms with Gasteiger partial charge in [-0.3, -0.25) is 19.2 Å². The first-order valence-electron chi connectivity index (χ1n) is 4.53. The summed E-state index contributed by atoms with van der Waals surface area (Å²) in [6.07, 6.45) is 0. The van der Waals surface area contributed by atoms with Gasteiger partial charge in [-0.1, -0.05) is 0 Å². The average molecular weight is 313 g/mol. The number of non-ortho nitro benzene ring substituents is 1. The second-order valence-corrected chi connectivity index (χ2v) is 7.08. The molecule has 4 N–H and O–H groups in total. The van der Waals surface area contributed by atoms with Crippen LogP contribution in [0.1, 0.15) is 0 Å². The fraction of sp³-hybridized carbons (Fsp3) is 0.143. The number of benzene rings is 1. The largest absolute Gasteiger partial charge is 0.465 e. The van der Waals surface area contributed by atoms with Crippen LogP contribution in [0.25, 0.3) is 0 Å². The lowest BCUT2D eigenvalue weighted by Gasteiger charge is -2.20. The molecule has 10 nitrogen and oxygen atoms in total. The van der Waals surface area contributed by atoms with E-state index in [4.69, 9.17) is 19.6 Å². The van der Waals surface area contributed by atoms with Crippen LogP contribution >= 0.6 is 15.2 Å². The summed E-state index contributed by atoms with van der Waals surface area (Å²) in [5.41, 5.74) is -2.96. The normalized spacial score (nSPS) is 12.5. The van der Waals surface area contributed by atoms with Gasteiger partial charge in [-0.25, -0.2) is 0 Å². The van der Waals surface area contributed by atoms with Crippen LogP contribution in [-0.2, 0) is 9.13 Å². The summed E-state index contributed by atoms with van der Waals surface area (Å²) in [6.45, 7) is 0. The Morgan fingerprint density at radius 2 is 1.47 bits per heavy atom. The molecular weight excluding hydrogens is 304 g/mol. The molecule has 0 saturated heterocycles. The topological polar surface area (TPSA) is 167 Å². The standard InChI is InChI=1S/C7H9NO9P2/c9-8(10)5-1-3-6(4-2-5)17-7(18(11,12)13)19(14,15)16/h1-4,7H,(H2,11,12,13)(H2,14,15,16). The number of hydrogen-bond acceptors (Lipinski definition) is 5. The lowest BCUT2D eigenvalue weighted by atomic mass is 10.3. The third-order valence-electron chi connectivity index (χ3n) is 1.86. The molecule has 0 aliphatic rings. The van der Waals surface area contributed by atoms with Crippen LogP contribution in [-0.4, -0.2) is 30.1 Å². The van der Waals surface area contributed by atoms with Gasteiger partial charge in [0.05, 0.1) is 4.92 Å². The molecule has 1 aromatic rings. The summed E-state index contributed by atoms with van der Waals surface area (Å²) < 4.78 is 26.4. The van der Waals surface area contributed by atoms with Crippen LogP contribution in [0.2, 0.25) is 0 Å². The minimum Gasteiger partial charge on any atom is -0.465 e.